The third kappa shape index (κ3) is 4.68. The van der Waals surface area contributed by atoms with E-state index < -0.39 is 5.41 Å². The van der Waals surface area contributed by atoms with Gasteiger partial charge in [0.05, 0.1) is 30.2 Å². The molecule has 4 aromatic rings. The van der Waals surface area contributed by atoms with E-state index in [9.17, 15) is 10.1 Å². The zero-order valence-electron chi connectivity index (χ0n) is 27.8. The zero-order chi connectivity index (χ0) is 33.4. The molecule has 6 heterocycles. The number of rotatable bonds is 6. The molecule has 3 aromatic heterocycles. The van der Waals surface area contributed by atoms with Gasteiger partial charge in [-0.05, 0) is 89.1 Å². The van der Waals surface area contributed by atoms with Crippen molar-refractivity contribution < 1.29 is 18.8 Å². The van der Waals surface area contributed by atoms with E-state index in [2.05, 4.69) is 30.1 Å². The predicted molar refractivity (Wildman–Crippen MR) is 177 cm³/mol. The predicted octanol–water partition coefficient (Wildman–Crippen LogP) is 3.95. The van der Waals surface area contributed by atoms with E-state index in [1.54, 1.807) is 10.7 Å². The Morgan fingerprint density at radius 3 is 2.82 bits per heavy atom. The Morgan fingerprint density at radius 2 is 2.04 bits per heavy atom. The normalized spacial score (nSPS) is 25.1. The van der Waals surface area contributed by atoms with Crippen LogP contribution in [0.25, 0.3) is 17.3 Å². The van der Waals surface area contributed by atoms with Crippen molar-refractivity contribution in [2.75, 3.05) is 32.5 Å². The van der Waals surface area contributed by atoms with E-state index in [-0.39, 0.29) is 24.1 Å². The average molecular weight is 662 g/mol. The molecule has 9 rings (SSSR count). The van der Waals surface area contributed by atoms with Crippen LogP contribution >= 0.6 is 0 Å². The molecular weight excluding hydrogens is 622 g/mol. The lowest BCUT2D eigenvalue weighted by molar-refractivity contribution is 0.0672. The summed E-state index contributed by atoms with van der Waals surface area (Å²) in [5.41, 5.74) is 11.8. The average Bonchev–Trinajstić information content (AvgIpc) is 3.95. The van der Waals surface area contributed by atoms with Crippen molar-refractivity contribution in [3.05, 3.63) is 63.7 Å². The lowest BCUT2D eigenvalue weighted by Crippen LogP contribution is -2.38. The first kappa shape index (κ1) is 30.3. The van der Waals surface area contributed by atoms with Crippen LogP contribution in [0.15, 0.2) is 28.9 Å². The number of carbonyl (C=O) groups excluding carboxylic acids is 1. The molecule has 1 aromatic carbocycles. The molecule has 0 radical (unpaired) electrons. The highest BCUT2D eigenvalue weighted by molar-refractivity contribution is 5.96. The number of hydrogen-bond donors (Lipinski definition) is 1. The van der Waals surface area contributed by atoms with Crippen LogP contribution in [0.5, 0.6) is 5.88 Å². The van der Waals surface area contributed by atoms with Crippen molar-refractivity contribution in [3.8, 4) is 29.3 Å². The second-order valence-electron chi connectivity index (χ2n) is 14.2. The number of nitriles is 1. The van der Waals surface area contributed by atoms with Gasteiger partial charge in [-0.1, -0.05) is 11.2 Å². The Kier molecular flexibility index (Phi) is 7.03. The van der Waals surface area contributed by atoms with Gasteiger partial charge in [0, 0.05) is 41.7 Å². The van der Waals surface area contributed by atoms with Gasteiger partial charge in [0.2, 0.25) is 5.88 Å². The number of aryl methyl sites for hydroxylation is 1. The second kappa shape index (κ2) is 11.4. The zero-order valence-corrected chi connectivity index (χ0v) is 27.8. The number of anilines is 1. The van der Waals surface area contributed by atoms with Gasteiger partial charge < -0.3 is 24.6 Å². The fraction of sp³-hybridized carbons (Fsp3) is 0.500. The van der Waals surface area contributed by atoms with Crippen molar-refractivity contribution in [2.45, 2.75) is 88.4 Å². The molecule has 2 fully saturated rings. The highest BCUT2D eigenvalue weighted by Crippen LogP contribution is 2.54. The van der Waals surface area contributed by atoms with Gasteiger partial charge in [-0.15, -0.1) is 0 Å². The molecule has 3 aliphatic heterocycles. The standard InChI is InChI=1S/C36H39N9O4/c1-20(27-6-4-13-43(27)2)48-29-15-28(45-18-22-17-44(23-10-14-47-19-23)35(46)31(22)41-45)39-34(40-29)32-24-5-3-11-36(33(24)49-42-32)12-9-21-7-8-26(38)25(16-37)30(21)36/h7-8,15,18,20,23,27H,3-6,9-14,17,19,38H2,1-2H3. The number of likely N-dealkylation sites (N-methyl/N-ethyl adjacent to an activating group) is 1. The Labute approximate surface area is 284 Å². The molecule has 2 N–H and O–H groups in total. The topological polar surface area (TPSA) is 161 Å². The van der Waals surface area contributed by atoms with Crippen molar-refractivity contribution in [2.24, 2.45) is 0 Å². The van der Waals surface area contributed by atoms with Crippen LogP contribution in [-0.2, 0) is 29.5 Å². The third-order valence-electron chi connectivity index (χ3n) is 11.5. The summed E-state index contributed by atoms with van der Waals surface area (Å²) in [6, 6.07) is 8.37. The van der Waals surface area contributed by atoms with E-state index in [1.807, 2.05) is 23.2 Å². The number of nitrogen functional groups attached to an aromatic ring is 1. The molecule has 5 aliphatic rings. The van der Waals surface area contributed by atoms with E-state index in [0.717, 1.165) is 85.9 Å². The van der Waals surface area contributed by atoms with Crippen molar-refractivity contribution in [1.29, 1.82) is 5.26 Å². The van der Waals surface area contributed by atoms with Crippen LogP contribution in [0, 0.1) is 11.3 Å². The maximum atomic E-state index is 13.4. The molecule has 13 heteroatoms. The SMILES string of the molecule is CC(Oc1cc(-n2cc3c(n2)C(=O)N(C2CCOC2)C3)nc(-c2noc3c2CCCC32CCc3ccc(N)c(C#N)c32)n1)C1CCCN1C. The number of benzene rings is 1. The molecule has 1 spiro atoms. The lowest BCUT2D eigenvalue weighted by atomic mass is 9.68. The summed E-state index contributed by atoms with van der Waals surface area (Å²) in [5, 5.41) is 19.5. The van der Waals surface area contributed by atoms with Crippen LogP contribution < -0.4 is 10.5 Å². The first-order valence-corrected chi connectivity index (χ1v) is 17.4. The molecule has 4 unspecified atom stereocenters. The smallest absolute Gasteiger partial charge is 0.275 e. The summed E-state index contributed by atoms with van der Waals surface area (Å²) in [7, 11) is 2.13. The van der Waals surface area contributed by atoms with E-state index in [4.69, 9.17) is 34.8 Å². The maximum Gasteiger partial charge on any atom is 0.275 e. The molecule has 49 heavy (non-hydrogen) atoms. The molecular formula is C36H39N9O4. The summed E-state index contributed by atoms with van der Waals surface area (Å²) >= 11 is 0. The monoisotopic (exact) mass is 661 g/mol. The number of carbonyl (C=O) groups is 1. The minimum atomic E-state index is -0.480. The van der Waals surface area contributed by atoms with Crippen LogP contribution in [0.2, 0.25) is 0 Å². The van der Waals surface area contributed by atoms with Crippen LogP contribution in [0.4, 0.5) is 5.69 Å². The largest absolute Gasteiger partial charge is 0.473 e. The van der Waals surface area contributed by atoms with Gasteiger partial charge >= 0.3 is 0 Å². The molecule has 13 nitrogen and oxygen atoms in total. The minimum Gasteiger partial charge on any atom is -0.473 e. The van der Waals surface area contributed by atoms with Crippen LogP contribution in [-0.4, -0.2) is 85.6 Å². The number of amides is 1. The lowest BCUT2D eigenvalue weighted by Gasteiger charge is -2.33. The Bertz CT molecular complexity index is 2020. The Morgan fingerprint density at radius 1 is 1.14 bits per heavy atom. The highest BCUT2D eigenvalue weighted by Gasteiger charge is 2.49. The van der Waals surface area contributed by atoms with Gasteiger partial charge in [-0.3, -0.25) is 9.69 Å². The van der Waals surface area contributed by atoms with Gasteiger partial charge in [-0.25, -0.2) is 9.67 Å². The van der Waals surface area contributed by atoms with E-state index >= 15 is 0 Å². The fourth-order valence-electron chi connectivity index (χ4n) is 9.03. The number of nitrogens with two attached hydrogens (primary N) is 1. The fourth-order valence-corrected chi connectivity index (χ4v) is 9.03. The van der Waals surface area contributed by atoms with Crippen LogP contribution in [0.1, 0.15) is 89.5 Å². The summed E-state index contributed by atoms with van der Waals surface area (Å²) in [6.07, 6.45) is 8.91. The molecule has 1 amide bonds. The third-order valence-corrected chi connectivity index (χ3v) is 11.5. The van der Waals surface area contributed by atoms with Gasteiger partial charge in [-0.2, -0.15) is 15.3 Å². The minimum absolute atomic E-state index is 0.0742. The number of likely N-dealkylation sites (tertiary alicyclic amines) is 1. The number of fused-ring (bicyclic) bond motifs is 5. The van der Waals surface area contributed by atoms with Gasteiger partial charge in [0.1, 0.15) is 12.2 Å². The first-order valence-electron chi connectivity index (χ1n) is 17.4. The van der Waals surface area contributed by atoms with Crippen molar-refractivity contribution in [3.63, 3.8) is 0 Å². The number of ether oxygens (including phenoxy) is 2. The van der Waals surface area contributed by atoms with Gasteiger partial charge in [0.15, 0.2) is 28.8 Å². The summed E-state index contributed by atoms with van der Waals surface area (Å²) in [4.78, 5) is 27.5. The number of aromatic nitrogens is 5. The maximum absolute atomic E-state index is 13.4. The summed E-state index contributed by atoms with van der Waals surface area (Å²) in [5.74, 6) is 1.95. The second-order valence-corrected chi connectivity index (χ2v) is 14.2. The number of nitrogens with zero attached hydrogens (tertiary/aromatic N) is 8. The molecule has 0 bridgehead atoms. The van der Waals surface area contributed by atoms with Gasteiger partial charge in [0.25, 0.3) is 5.91 Å². The quantitative estimate of drug-likeness (QED) is 0.298. The molecule has 0 saturated carbocycles. The Balaban J connectivity index is 1.12. The molecule has 4 atom stereocenters. The molecule has 2 saturated heterocycles. The van der Waals surface area contributed by atoms with Crippen molar-refractivity contribution in [1.82, 2.24) is 34.7 Å². The highest BCUT2D eigenvalue weighted by atomic mass is 16.5. The molecule has 252 valence electrons. The van der Waals surface area contributed by atoms with E-state index in [1.165, 1.54) is 0 Å². The first-order chi connectivity index (χ1) is 23.8. The summed E-state index contributed by atoms with van der Waals surface area (Å²) in [6.45, 7) is 4.82. The molecule has 2 aliphatic carbocycles. The number of hydrogen-bond acceptors (Lipinski definition) is 11. The Hall–Kier alpha value is -4.80. The van der Waals surface area contributed by atoms with Crippen LogP contribution in [0.3, 0.4) is 0 Å². The summed E-state index contributed by atoms with van der Waals surface area (Å²) < 4.78 is 20.0. The van der Waals surface area contributed by atoms with Crippen molar-refractivity contribution >= 4 is 11.6 Å². The van der Waals surface area contributed by atoms with E-state index in [0.29, 0.717) is 59.9 Å².